The molecule has 0 aromatic heterocycles. The molecule has 8 heteroatoms. The van der Waals surface area contributed by atoms with Crippen LogP contribution in [0.15, 0.2) is 23.8 Å². The maximum atomic E-state index is 13.5. The smallest absolute Gasteiger partial charge is 0.284 e. The van der Waals surface area contributed by atoms with E-state index in [1.54, 1.807) is 13.0 Å². The minimum absolute atomic E-state index is 0.183. The first-order valence-electron chi connectivity index (χ1n) is 14.7. The van der Waals surface area contributed by atoms with Crippen molar-refractivity contribution in [2.75, 3.05) is 6.61 Å². The Kier molecular flexibility index (Phi) is 6.18. The van der Waals surface area contributed by atoms with Gasteiger partial charge in [0.1, 0.15) is 29.5 Å². The number of unbranched alkanes of at least 4 members (excludes halogenated alkanes) is 6. The number of hydrogen-bond donors (Lipinski definition) is 3. The summed E-state index contributed by atoms with van der Waals surface area (Å²) in [4.78, 5) is 13.5. The van der Waals surface area contributed by atoms with Crippen molar-refractivity contribution in [1.82, 2.24) is 0 Å². The standard InChI is InChI=1S/C30H44O8/c1-6-7-8-9-10-11-12-13-28-36-23-21-24-27(16-31,35-24)25(33)29(34)20(14-18(4)22(29)32)30(21,38-28)19(5)15-26(23,37-28)17(2)3/h14,19-21,23-25,31,33-34H,2,6-13,15-16H2,1,3-5H3/t19-,20+,21-,23-,24+,25-,26-,27+,28-,29-,30+/m1/s1. The molecule has 3 N–H and O–H groups in total. The summed E-state index contributed by atoms with van der Waals surface area (Å²) in [6, 6.07) is 0. The first-order chi connectivity index (χ1) is 18.0. The summed E-state index contributed by atoms with van der Waals surface area (Å²) >= 11 is 0. The van der Waals surface area contributed by atoms with Crippen molar-refractivity contribution in [2.24, 2.45) is 17.8 Å². The molecule has 0 aromatic carbocycles. The Morgan fingerprint density at radius 3 is 2.45 bits per heavy atom. The van der Waals surface area contributed by atoms with Crippen molar-refractivity contribution >= 4 is 5.78 Å². The first-order valence-corrected chi connectivity index (χ1v) is 14.7. The number of hydrogen-bond acceptors (Lipinski definition) is 8. The normalized spacial score (nSPS) is 51.8. The van der Waals surface area contributed by atoms with Crippen molar-refractivity contribution in [3.05, 3.63) is 23.8 Å². The maximum absolute atomic E-state index is 13.5. The van der Waals surface area contributed by atoms with Crippen molar-refractivity contribution in [2.45, 2.75) is 132 Å². The quantitative estimate of drug-likeness (QED) is 0.223. The van der Waals surface area contributed by atoms with Crippen LogP contribution < -0.4 is 0 Å². The number of Topliss-reactive ketones (excluding diaryl/α,β-unsaturated/α-hetero) is 1. The first kappa shape index (κ1) is 27.1. The summed E-state index contributed by atoms with van der Waals surface area (Å²) in [7, 11) is 0. The average Bonchev–Trinajstić information content (AvgIpc) is 3.52. The van der Waals surface area contributed by atoms with Gasteiger partial charge in [-0.25, -0.2) is 0 Å². The summed E-state index contributed by atoms with van der Waals surface area (Å²) in [6.07, 6.45) is 7.99. The van der Waals surface area contributed by atoms with Gasteiger partial charge in [0.25, 0.3) is 5.97 Å². The molecule has 3 saturated heterocycles. The molecule has 0 aromatic rings. The molecule has 0 radical (unpaired) electrons. The van der Waals surface area contributed by atoms with E-state index in [0.717, 1.165) is 24.8 Å². The Hall–Kier alpha value is -1.13. The molecule has 5 fully saturated rings. The number of ether oxygens (including phenoxy) is 4. The highest BCUT2D eigenvalue weighted by Gasteiger charge is 2.88. The molecule has 0 spiro atoms. The zero-order valence-electron chi connectivity index (χ0n) is 23.2. The molecule has 0 unspecified atom stereocenters. The van der Waals surface area contributed by atoms with Gasteiger partial charge in [-0.3, -0.25) is 4.79 Å². The lowest BCUT2D eigenvalue weighted by Crippen LogP contribution is -2.72. The summed E-state index contributed by atoms with van der Waals surface area (Å²) in [5, 5.41) is 34.1. The molecular formula is C30H44O8. The summed E-state index contributed by atoms with van der Waals surface area (Å²) < 4.78 is 26.7. The lowest BCUT2D eigenvalue weighted by atomic mass is 9.54. The number of ketones is 1. The number of aliphatic hydroxyl groups excluding tert-OH is 2. The number of carbonyl (C=O) groups is 1. The topological polar surface area (TPSA) is 118 Å². The number of aliphatic hydroxyl groups is 3. The van der Waals surface area contributed by atoms with Crippen LogP contribution in [0.25, 0.3) is 0 Å². The fraction of sp³-hybridized carbons (Fsp3) is 0.833. The van der Waals surface area contributed by atoms with Crippen LogP contribution in [0.4, 0.5) is 0 Å². The van der Waals surface area contributed by atoms with E-state index in [9.17, 15) is 20.1 Å². The van der Waals surface area contributed by atoms with Crippen LogP contribution in [0.5, 0.6) is 0 Å². The third-order valence-corrected chi connectivity index (χ3v) is 10.8. The monoisotopic (exact) mass is 532 g/mol. The average molecular weight is 533 g/mol. The molecule has 38 heavy (non-hydrogen) atoms. The number of carbonyl (C=O) groups excluding carboxylic acids is 1. The van der Waals surface area contributed by atoms with Crippen molar-refractivity contribution in [3.8, 4) is 0 Å². The van der Waals surface area contributed by atoms with E-state index >= 15 is 0 Å². The Balaban J connectivity index is 1.41. The number of epoxide rings is 1. The summed E-state index contributed by atoms with van der Waals surface area (Å²) in [5.41, 5.74) is -4.36. The molecule has 3 aliphatic carbocycles. The van der Waals surface area contributed by atoms with Gasteiger partial charge in [0, 0.05) is 18.3 Å². The SMILES string of the molecule is C=C(C)[C@]12C[C@@H](C)[C@@]34O[C@](CCCCCCCCC)(O[C@@H]1[C@@H]3[C@@H]1O[C@]1(CO)[C@@H](O)[C@]1(O)C(=O)C(C)=C[C@@H]14)O2. The molecule has 2 saturated carbocycles. The summed E-state index contributed by atoms with van der Waals surface area (Å²) in [5.74, 6) is -3.38. The van der Waals surface area contributed by atoms with E-state index in [2.05, 4.69) is 20.4 Å². The molecular weight excluding hydrogens is 488 g/mol. The van der Waals surface area contributed by atoms with Gasteiger partial charge in [0.05, 0.1) is 12.2 Å². The van der Waals surface area contributed by atoms with E-state index < -0.39 is 70.9 Å². The largest absolute Gasteiger partial charge is 0.393 e. The van der Waals surface area contributed by atoms with Gasteiger partial charge < -0.3 is 34.3 Å². The third kappa shape index (κ3) is 3.14. The van der Waals surface area contributed by atoms with Gasteiger partial charge in [-0.1, -0.05) is 65.0 Å². The minimum Gasteiger partial charge on any atom is -0.393 e. The van der Waals surface area contributed by atoms with Gasteiger partial charge >= 0.3 is 0 Å². The van der Waals surface area contributed by atoms with Gasteiger partial charge in [0.15, 0.2) is 11.4 Å². The van der Waals surface area contributed by atoms with Gasteiger partial charge in [-0.05, 0) is 43.8 Å². The lowest BCUT2D eigenvalue weighted by Gasteiger charge is -2.59. The number of rotatable bonds is 10. The van der Waals surface area contributed by atoms with E-state index in [1.165, 1.54) is 25.7 Å². The van der Waals surface area contributed by atoms with Crippen LogP contribution in [0, 0.1) is 17.8 Å². The summed E-state index contributed by atoms with van der Waals surface area (Å²) in [6.45, 7) is 11.7. The van der Waals surface area contributed by atoms with Gasteiger partial charge in [-0.2, -0.15) is 0 Å². The molecule has 8 nitrogen and oxygen atoms in total. The zero-order chi connectivity index (χ0) is 27.3. The Labute approximate surface area is 225 Å². The molecule has 6 rings (SSSR count). The maximum Gasteiger partial charge on any atom is 0.284 e. The van der Waals surface area contributed by atoms with Crippen LogP contribution in [0.1, 0.15) is 85.5 Å². The van der Waals surface area contributed by atoms with Crippen LogP contribution >= 0.6 is 0 Å². The van der Waals surface area contributed by atoms with E-state index in [4.69, 9.17) is 18.9 Å². The van der Waals surface area contributed by atoms with E-state index in [1.807, 2.05) is 6.92 Å². The van der Waals surface area contributed by atoms with Crippen LogP contribution in [0.2, 0.25) is 0 Å². The van der Waals surface area contributed by atoms with E-state index in [0.29, 0.717) is 18.4 Å². The second-order valence-corrected chi connectivity index (χ2v) is 13.0. The van der Waals surface area contributed by atoms with Crippen molar-refractivity contribution < 1.29 is 39.1 Å². The molecule has 212 valence electrons. The van der Waals surface area contributed by atoms with Gasteiger partial charge in [-0.15, -0.1) is 0 Å². The van der Waals surface area contributed by atoms with Crippen LogP contribution in [-0.2, 0) is 23.7 Å². The highest BCUT2D eigenvalue weighted by atomic mass is 16.9. The molecule has 3 aliphatic heterocycles. The molecule has 3 heterocycles. The fourth-order valence-corrected chi connectivity index (χ4v) is 8.83. The van der Waals surface area contributed by atoms with Crippen LogP contribution in [0.3, 0.4) is 0 Å². The third-order valence-electron chi connectivity index (χ3n) is 10.8. The fourth-order valence-electron chi connectivity index (χ4n) is 8.83. The van der Waals surface area contributed by atoms with Crippen molar-refractivity contribution in [1.29, 1.82) is 0 Å². The Morgan fingerprint density at radius 2 is 1.79 bits per heavy atom. The van der Waals surface area contributed by atoms with Crippen molar-refractivity contribution in [3.63, 3.8) is 0 Å². The molecule has 6 aliphatic rings. The molecule has 11 atom stereocenters. The second kappa shape index (κ2) is 8.68. The van der Waals surface area contributed by atoms with Gasteiger partial charge in [0.2, 0.25) is 0 Å². The predicted octanol–water partition coefficient (Wildman–Crippen LogP) is 3.32. The van der Waals surface area contributed by atoms with E-state index in [-0.39, 0.29) is 5.92 Å². The minimum atomic E-state index is -2.18. The van der Waals surface area contributed by atoms with Crippen LogP contribution in [-0.4, -0.2) is 74.4 Å². The highest BCUT2D eigenvalue weighted by molar-refractivity contribution is 6.05. The lowest BCUT2D eigenvalue weighted by molar-refractivity contribution is -0.430. The Morgan fingerprint density at radius 1 is 1.11 bits per heavy atom. The second-order valence-electron chi connectivity index (χ2n) is 13.0. The number of fused-ring (bicyclic) bond motifs is 3. The highest BCUT2D eigenvalue weighted by Crippen LogP contribution is 2.73. The molecule has 3 bridgehead atoms. The predicted molar refractivity (Wildman–Crippen MR) is 138 cm³/mol. The zero-order valence-corrected chi connectivity index (χ0v) is 23.2. The Bertz CT molecular complexity index is 1060. The molecule has 0 amide bonds.